The van der Waals surface area contributed by atoms with Crippen LogP contribution in [0.1, 0.15) is 0 Å². The fraction of sp³-hybridized carbons (Fsp3) is 0.375. The molecule has 1 heterocycles. The highest BCUT2D eigenvalue weighted by atomic mass is 127. The molecule has 0 atom stereocenters. The first-order valence-corrected chi connectivity index (χ1v) is 4.96. The maximum atomic E-state index is 11.0. The molecule has 0 bridgehead atoms. The summed E-state index contributed by atoms with van der Waals surface area (Å²) in [5.41, 5.74) is 0. The van der Waals surface area contributed by atoms with Crippen LogP contribution in [0.2, 0.25) is 0 Å². The molecule has 0 fully saturated rings. The van der Waals surface area contributed by atoms with Gasteiger partial charge in [-0.05, 0) is 22.6 Å². The van der Waals surface area contributed by atoms with Gasteiger partial charge in [-0.2, -0.15) is 0 Å². The van der Waals surface area contributed by atoms with Crippen LogP contribution in [0.3, 0.4) is 0 Å². The summed E-state index contributed by atoms with van der Waals surface area (Å²) in [5, 5.41) is 0. The summed E-state index contributed by atoms with van der Waals surface area (Å²) in [7, 11) is 3.14. The molecule has 0 aromatic carbocycles. The third-order valence-corrected chi connectivity index (χ3v) is 2.36. The van der Waals surface area contributed by atoms with Gasteiger partial charge < -0.3 is 9.64 Å². The van der Waals surface area contributed by atoms with Crippen molar-refractivity contribution in [1.29, 1.82) is 0 Å². The van der Waals surface area contributed by atoms with E-state index in [1.807, 2.05) is 0 Å². The molecule has 76 valence electrons. The lowest BCUT2D eigenvalue weighted by Crippen LogP contribution is -2.27. The summed E-state index contributed by atoms with van der Waals surface area (Å²) < 4.78 is 5.46. The van der Waals surface area contributed by atoms with Crippen LogP contribution in [-0.4, -0.2) is 36.6 Å². The number of anilines is 1. The van der Waals surface area contributed by atoms with Crippen molar-refractivity contribution >= 4 is 34.4 Å². The normalized spacial score (nSPS) is 9.64. The first-order chi connectivity index (χ1) is 6.65. The average Bonchev–Trinajstić information content (AvgIpc) is 2.18. The minimum atomic E-state index is -0.290. The predicted octanol–water partition coefficient (Wildman–Crippen LogP) is 0.690. The molecule has 6 heteroatoms. The van der Waals surface area contributed by atoms with Crippen LogP contribution < -0.4 is 4.90 Å². The van der Waals surface area contributed by atoms with Crippen molar-refractivity contribution < 1.29 is 9.53 Å². The minimum Gasteiger partial charge on any atom is -0.468 e. The second-order valence-corrected chi connectivity index (χ2v) is 3.79. The Bertz CT molecular complexity index is 332. The molecule has 5 nitrogen and oxygen atoms in total. The Hall–Kier alpha value is -0.920. The van der Waals surface area contributed by atoms with Crippen LogP contribution >= 0.6 is 22.6 Å². The monoisotopic (exact) mass is 307 g/mol. The summed E-state index contributed by atoms with van der Waals surface area (Å²) >= 11 is 2.12. The SMILES string of the molecule is COC(=O)CN(C)c1ncncc1I. The highest BCUT2D eigenvalue weighted by Crippen LogP contribution is 2.15. The van der Waals surface area contributed by atoms with Crippen molar-refractivity contribution in [2.24, 2.45) is 0 Å². The Kier molecular flexibility index (Phi) is 4.05. The highest BCUT2D eigenvalue weighted by Gasteiger charge is 2.10. The molecule has 0 N–H and O–H groups in total. The molecule has 0 aliphatic carbocycles. The van der Waals surface area contributed by atoms with Crippen molar-refractivity contribution in [2.75, 3.05) is 25.6 Å². The standard InChI is InChI=1S/C8H10IN3O2/c1-12(4-7(13)14-2)8-6(9)3-10-5-11-8/h3,5H,4H2,1-2H3. The quantitative estimate of drug-likeness (QED) is 0.607. The van der Waals surface area contributed by atoms with Gasteiger partial charge in [-0.3, -0.25) is 4.79 Å². The summed E-state index contributed by atoms with van der Waals surface area (Å²) in [6.45, 7) is 0.184. The fourth-order valence-corrected chi connectivity index (χ4v) is 1.63. The van der Waals surface area contributed by atoms with E-state index < -0.39 is 0 Å². The number of hydrogen-bond donors (Lipinski definition) is 0. The third kappa shape index (κ3) is 2.79. The minimum absolute atomic E-state index is 0.184. The molecule has 0 spiro atoms. The molecule has 0 aliphatic heterocycles. The summed E-state index contributed by atoms with van der Waals surface area (Å²) in [6, 6.07) is 0. The van der Waals surface area contributed by atoms with Crippen molar-refractivity contribution in [2.45, 2.75) is 0 Å². The molecular weight excluding hydrogens is 297 g/mol. The van der Waals surface area contributed by atoms with Crippen LogP contribution in [0, 0.1) is 3.57 Å². The second kappa shape index (κ2) is 5.08. The van der Waals surface area contributed by atoms with Gasteiger partial charge in [0.05, 0.1) is 10.7 Å². The Labute approximate surface area is 95.6 Å². The van der Waals surface area contributed by atoms with Gasteiger partial charge in [0.15, 0.2) is 0 Å². The molecule has 0 saturated carbocycles. The number of halogens is 1. The van der Waals surface area contributed by atoms with Crippen molar-refractivity contribution in [3.05, 3.63) is 16.1 Å². The lowest BCUT2D eigenvalue weighted by molar-refractivity contribution is -0.138. The van der Waals surface area contributed by atoms with E-state index in [-0.39, 0.29) is 12.5 Å². The molecule has 0 radical (unpaired) electrons. The zero-order valence-electron chi connectivity index (χ0n) is 7.90. The number of aromatic nitrogens is 2. The largest absolute Gasteiger partial charge is 0.468 e. The zero-order valence-corrected chi connectivity index (χ0v) is 10.1. The van der Waals surface area contributed by atoms with Crippen LogP contribution in [0.5, 0.6) is 0 Å². The van der Waals surface area contributed by atoms with Crippen molar-refractivity contribution in [3.63, 3.8) is 0 Å². The lowest BCUT2D eigenvalue weighted by atomic mass is 10.5. The summed E-state index contributed by atoms with van der Waals surface area (Å²) in [5.74, 6) is 0.438. The number of rotatable bonds is 3. The smallest absolute Gasteiger partial charge is 0.325 e. The average molecular weight is 307 g/mol. The number of hydrogen-bond acceptors (Lipinski definition) is 5. The van der Waals surface area contributed by atoms with E-state index in [4.69, 9.17) is 0 Å². The van der Waals surface area contributed by atoms with Gasteiger partial charge in [0, 0.05) is 13.2 Å². The van der Waals surface area contributed by atoms with Gasteiger partial charge in [0.1, 0.15) is 18.7 Å². The van der Waals surface area contributed by atoms with E-state index in [0.717, 1.165) is 9.39 Å². The molecule has 1 aromatic rings. The highest BCUT2D eigenvalue weighted by molar-refractivity contribution is 14.1. The van der Waals surface area contributed by atoms with E-state index in [2.05, 4.69) is 37.3 Å². The number of likely N-dealkylation sites (N-methyl/N-ethyl adjacent to an activating group) is 1. The van der Waals surface area contributed by atoms with Gasteiger partial charge in [0.25, 0.3) is 0 Å². The van der Waals surface area contributed by atoms with Crippen LogP contribution in [0.15, 0.2) is 12.5 Å². The Morgan fingerprint density at radius 3 is 3.00 bits per heavy atom. The molecule has 0 aliphatic rings. The van der Waals surface area contributed by atoms with E-state index in [9.17, 15) is 4.79 Å². The van der Waals surface area contributed by atoms with Gasteiger partial charge in [-0.25, -0.2) is 9.97 Å². The zero-order chi connectivity index (χ0) is 10.6. The van der Waals surface area contributed by atoms with E-state index in [1.54, 1.807) is 18.1 Å². The van der Waals surface area contributed by atoms with E-state index in [1.165, 1.54) is 13.4 Å². The topological polar surface area (TPSA) is 55.3 Å². The maximum absolute atomic E-state index is 11.0. The van der Waals surface area contributed by atoms with Crippen molar-refractivity contribution in [1.82, 2.24) is 9.97 Å². The molecular formula is C8H10IN3O2. The molecule has 0 saturated heterocycles. The lowest BCUT2D eigenvalue weighted by Gasteiger charge is -2.16. The van der Waals surface area contributed by atoms with E-state index >= 15 is 0 Å². The Morgan fingerprint density at radius 1 is 1.71 bits per heavy atom. The number of methoxy groups -OCH3 is 1. The summed E-state index contributed by atoms with van der Waals surface area (Å²) in [4.78, 5) is 20.6. The van der Waals surface area contributed by atoms with Crippen LogP contribution in [0.25, 0.3) is 0 Å². The van der Waals surface area contributed by atoms with Crippen molar-refractivity contribution in [3.8, 4) is 0 Å². The Morgan fingerprint density at radius 2 is 2.43 bits per heavy atom. The number of carbonyl (C=O) groups is 1. The van der Waals surface area contributed by atoms with E-state index in [0.29, 0.717) is 0 Å². The van der Waals surface area contributed by atoms with Crippen LogP contribution in [-0.2, 0) is 9.53 Å². The molecule has 0 amide bonds. The number of nitrogens with zero attached hydrogens (tertiary/aromatic N) is 3. The fourth-order valence-electron chi connectivity index (χ4n) is 0.920. The van der Waals surface area contributed by atoms with Crippen LogP contribution in [0.4, 0.5) is 5.82 Å². The number of ether oxygens (including phenoxy) is 1. The molecule has 1 rings (SSSR count). The predicted molar refractivity (Wildman–Crippen MR) is 60.0 cm³/mol. The molecule has 0 unspecified atom stereocenters. The molecule has 14 heavy (non-hydrogen) atoms. The number of carbonyl (C=O) groups excluding carboxylic acids is 1. The summed E-state index contributed by atoms with van der Waals surface area (Å²) in [6.07, 6.45) is 3.14. The first kappa shape index (κ1) is 11.2. The second-order valence-electron chi connectivity index (χ2n) is 2.63. The number of esters is 1. The van der Waals surface area contributed by atoms with Gasteiger partial charge in [-0.1, -0.05) is 0 Å². The first-order valence-electron chi connectivity index (χ1n) is 3.88. The Balaban J connectivity index is 2.74. The van der Waals surface area contributed by atoms with Gasteiger partial charge in [0.2, 0.25) is 0 Å². The van der Waals surface area contributed by atoms with Gasteiger partial charge in [-0.15, -0.1) is 0 Å². The maximum Gasteiger partial charge on any atom is 0.325 e. The van der Waals surface area contributed by atoms with Gasteiger partial charge >= 0.3 is 5.97 Å². The third-order valence-electron chi connectivity index (χ3n) is 1.60. The molecule has 1 aromatic heterocycles.